The van der Waals surface area contributed by atoms with E-state index < -0.39 is 5.82 Å². The maximum absolute atomic E-state index is 13.2. The molecule has 1 N–H and O–H groups in total. The number of nitrogens with one attached hydrogen (secondary N) is 1. The Labute approximate surface area is 138 Å². The molecular weight excluding hydrogens is 313 g/mol. The van der Waals surface area contributed by atoms with E-state index in [2.05, 4.69) is 10.5 Å². The molecule has 0 saturated carbocycles. The van der Waals surface area contributed by atoms with E-state index in [-0.39, 0.29) is 23.6 Å². The van der Waals surface area contributed by atoms with Crippen molar-refractivity contribution < 1.29 is 18.5 Å². The quantitative estimate of drug-likeness (QED) is 0.935. The van der Waals surface area contributed by atoms with Crippen LogP contribution in [0.15, 0.2) is 34.9 Å². The average molecular weight is 331 g/mol. The third kappa shape index (κ3) is 3.61. The highest BCUT2D eigenvalue weighted by molar-refractivity contribution is 5.94. The van der Waals surface area contributed by atoms with Crippen molar-refractivity contribution in [2.45, 2.75) is 25.8 Å². The predicted octanol–water partition coefficient (Wildman–Crippen LogP) is 2.16. The zero-order chi connectivity index (χ0) is 17.1. The van der Waals surface area contributed by atoms with Gasteiger partial charge < -0.3 is 14.7 Å². The fourth-order valence-corrected chi connectivity index (χ4v) is 2.76. The van der Waals surface area contributed by atoms with Crippen LogP contribution in [0.5, 0.6) is 0 Å². The second-order valence-electron chi connectivity index (χ2n) is 5.87. The number of halogens is 1. The molecule has 2 heterocycles. The van der Waals surface area contributed by atoms with Crippen LogP contribution in [0.2, 0.25) is 0 Å². The number of benzene rings is 1. The number of aromatic nitrogens is 1. The monoisotopic (exact) mass is 331 g/mol. The standard InChI is InChI=1S/C17H18FN3O3/c1-11-9-15(20-24-11)16(22)19-14-5-7-21(8-6-14)17(23)12-3-2-4-13(18)10-12/h2-4,9-10,14H,5-8H2,1H3,(H,19,22). The molecule has 1 aliphatic heterocycles. The topological polar surface area (TPSA) is 75.4 Å². The molecule has 1 saturated heterocycles. The number of likely N-dealkylation sites (tertiary alicyclic amines) is 1. The second kappa shape index (κ2) is 6.82. The molecule has 3 rings (SSSR count). The van der Waals surface area contributed by atoms with Gasteiger partial charge in [-0.15, -0.1) is 0 Å². The summed E-state index contributed by atoms with van der Waals surface area (Å²) in [6.45, 7) is 2.75. The zero-order valence-electron chi connectivity index (χ0n) is 13.3. The summed E-state index contributed by atoms with van der Waals surface area (Å²) in [6, 6.07) is 7.23. The van der Waals surface area contributed by atoms with Gasteiger partial charge >= 0.3 is 0 Å². The van der Waals surface area contributed by atoms with E-state index >= 15 is 0 Å². The minimum absolute atomic E-state index is 0.0222. The van der Waals surface area contributed by atoms with Crippen molar-refractivity contribution in [3.05, 3.63) is 53.2 Å². The summed E-state index contributed by atoms with van der Waals surface area (Å²) in [4.78, 5) is 26.1. The first-order chi connectivity index (χ1) is 11.5. The first-order valence-corrected chi connectivity index (χ1v) is 7.82. The van der Waals surface area contributed by atoms with Crippen molar-refractivity contribution in [1.82, 2.24) is 15.4 Å². The molecule has 0 bridgehead atoms. The van der Waals surface area contributed by atoms with Crippen LogP contribution in [-0.4, -0.2) is 41.0 Å². The molecular formula is C17H18FN3O3. The second-order valence-corrected chi connectivity index (χ2v) is 5.87. The lowest BCUT2D eigenvalue weighted by Gasteiger charge is -2.32. The number of nitrogens with zero attached hydrogens (tertiary/aromatic N) is 2. The van der Waals surface area contributed by atoms with Crippen molar-refractivity contribution in [2.24, 2.45) is 0 Å². The molecule has 1 aromatic heterocycles. The van der Waals surface area contributed by atoms with Crippen molar-refractivity contribution >= 4 is 11.8 Å². The fraction of sp³-hybridized carbons (Fsp3) is 0.353. The highest BCUT2D eigenvalue weighted by Gasteiger charge is 2.25. The summed E-state index contributed by atoms with van der Waals surface area (Å²) in [5.41, 5.74) is 0.598. The van der Waals surface area contributed by atoms with E-state index in [0.717, 1.165) is 0 Å². The van der Waals surface area contributed by atoms with Crippen LogP contribution in [0.3, 0.4) is 0 Å². The summed E-state index contributed by atoms with van der Waals surface area (Å²) >= 11 is 0. The van der Waals surface area contributed by atoms with Crippen LogP contribution in [0.4, 0.5) is 4.39 Å². The Balaban J connectivity index is 1.54. The molecule has 6 nitrogen and oxygen atoms in total. The van der Waals surface area contributed by atoms with Gasteiger partial charge in [-0.3, -0.25) is 9.59 Å². The van der Waals surface area contributed by atoms with Crippen molar-refractivity contribution in [3.63, 3.8) is 0 Å². The van der Waals surface area contributed by atoms with Gasteiger partial charge in [-0.25, -0.2) is 4.39 Å². The molecule has 2 amide bonds. The third-order valence-corrected chi connectivity index (χ3v) is 4.05. The predicted molar refractivity (Wildman–Crippen MR) is 84.0 cm³/mol. The van der Waals surface area contributed by atoms with Gasteiger partial charge in [0.1, 0.15) is 11.6 Å². The van der Waals surface area contributed by atoms with Gasteiger partial charge in [0.15, 0.2) is 5.69 Å². The van der Waals surface area contributed by atoms with Crippen LogP contribution in [0, 0.1) is 12.7 Å². The highest BCUT2D eigenvalue weighted by Crippen LogP contribution is 2.15. The van der Waals surface area contributed by atoms with Crippen LogP contribution in [0.1, 0.15) is 39.4 Å². The van der Waals surface area contributed by atoms with Crippen molar-refractivity contribution in [3.8, 4) is 0 Å². The van der Waals surface area contributed by atoms with E-state index in [9.17, 15) is 14.0 Å². The third-order valence-electron chi connectivity index (χ3n) is 4.05. The smallest absolute Gasteiger partial charge is 0.273 e. The Hall–Kier alpha value is -2.70. The number of rotatable bonds is 3. The van der Waals surface area contributed by atoms with Gasteiger partial charge in [0.05, 0.1) is 0 Å². The SMILES string of the molecule is Cc1cc(C(=O)NC2CCN(C(=O)c3cccc(F)c3)CC2)no1. The summed E-state index contributed by atoms with van der Waals surface area (Å²) in [5, 5.41) is 6.58. The van der Waals surface area contributed by atoms with E-state index in [1.54, 1.807) is 24.0 Å². The minimum atomic E-state index is -0.425. The fourth-order valence-electron chi connectivity index (χ4n) is 2.76. The molecule has 1 aromatic carbocycles. The number of hydrogen-bond donors (Lipinski definition) is 1. The number of hydrogen-bond acceptors (Lipinski definition) is 4. The Kier molecular flexibility index (Phi) is 4.59. The number of aryl methyl sites for hydroxylation is 1. The molecule has 24 heavy (non-hydrogen) atoms. The first-order valence-electron chi connectivity index (χ1n) is 7.82. The maximum atomic E-state index is 13.2. The minimum Gasteiger partial charge on any atom is -0.361 e. The molecule has 0 atom stereocenters. The van der Waals surface area contributed by atoms with Crippen LogP contribution in [0.25, 0.3) is 0 Å². The molecule has 0 unspecified atom stereocenters. The van der Waals surface area contributed by atoms with Crippen LogP contribution in [-0.2, 0) is 0 Å². The lowest BCUT2D eigenvalue weighted by molar-refractivity contribution is 0.0697. The zero-order valence-corrected chi connectivity index (χ0v) is 13.3. The Bertz CT molecular complexity index is 751. The normalized spacial score (nSPS) is 15.3. The molecule has 1 fully saturated rings. The molecule has 2 aromatic rings. The Morgan fingerprint density at radius 3 is 2.67 bits per heavy atom. The lowest BCUT2D eigenvalue weighted by atomic mass is 10.0. The van der Waals surface area contributed by atoms with Gasteiger partial charge in [0.2, 0.25) is 0 Å². The summed E-state index contributed by atoms with van der Waals surface area (Å²) in [6.07, 6.45) is 1.28. The van der Waals surface area contributed by atoms with Crippen molar-refractivity contribution in [1.29, 1.82) is 0 Å². The van der Waals surface area contributed by atoms with E-state index in [1.165, 1.54) is 18.2 Å². The van der Waals surface area contributed by atoms with Crippen LogP contribution >= 0.6 is 0 Å². The van der Waals surface area contributed by atoms with Crippen LogP contribution < -0.4 is 5.32 Å². The number of carbonyl (C=O) groups is 2. The first kappa shape index (κ1) is 16.2. The molecule has 0 radical (unpaired) electrons. The summed E-state index contributed by atoms with van der Waals surface area (Å²) < 4.78 is 18.1. The maximum Gasteiger partial charge on any atom is 0.273 e. The van der Waals surface area contributed by atoms with Gasteiger partial charge in [-0.1, -0.05) is 11.2 Å². The molecule has 0 spiro atoms. The van der Waals surface area contributed by atoms with Gasteiger partial charge in [0, 0.05) is 30.8 Å². The van der Waals surface area contributed by atoms with E-state index in [0.29, 0.717) is 37.3 Å². The van der Waals surface area contributed by atoms with E-state index in [1.807, 2.05) is 0 Å². The molecule has 1 aliphatic rings. The Morgan fingerprint density at radius 2 is 2.04 bits per heavy atom. The number of amides is 2. The molecule has 7 heteroatoms. The van der Waals surface area contributed by atoms with Gasteiger partial charge in [0.25, 0.3) is 11.8 Å². The summed E-state index contributed by atoms with van der Waals surface area (Å²) in [5.74, 6) is -0.310. The lowest BCUT2D eigenvalue weighted by Crippen LogP contribution is -2.46. The van der Waals surface area contributed by atoms with Crippen molar-refractivity contribution in [2.75, 3.05) is 13.1 Å². The van der Waals surface area contributed by atoms with Gasteiger partial charge in [-0.05, 0) is 38.0 Å². The average Bonchev–Trinajstić information content (AvgIpc) is 3.01. The largest absolute Gasteiger partial charge is 0.361 e. The Morgan fingerprint density at radius 1 is 1.29 bits per heavy atom. The van der Waals surface area contributed by atoms with Gasteiger partial charge in [-0.2, -0.15) is 0 Å². The number of carbonyl (C=O) groups excluding carboxylic acids is 2. The summed E-state index contributed by atoms with van der Waals surface area (Å²) in [7, 11) is 0. The highest BCUT2D eigenvalue weighted by atomic mass is 19.1. The molecule has 126 valence electrons. The van der Waals surface area contributed by atoms with E-state index in [4.69, 9.17) is 4.52 Å². The number of piperidine rings is 1. The molecule has 0 aliphatic carbocycles.